The third-order valence-corrected chi connectivity index (χ3v) is 2.46. The Kier molecular flexibility index (Phi) is 6.20. The first-order chi connectivity index (χ1) is 7.70. The van der Waals surface area contributed by atoms with Crippen LogP contribution in [0.3, 0.4) is 0 Å². The van der Waals surface area contributed by atoms with E-state index in [1.54, 1.807) is 6.92 Å². The van der Waals surface area contributed by atoms with E-state index < -0.39 is 17.8 Å². The minimum atomic E-state index is -4.41. The maximum Gasteiger partial charge on any atom is 0.416 e. The number of nitrogens with two attached hydrogens (primary N) is 1. The fourth-order valence-electron chi connectivity index (χ4n) is 1.48. The highest BCUT2D eigenvalue weighted by atomic mass is 35.5. The standard InChI is InChI=1S/C12H13ClF3N.ClH/c1-7(2)3-11(17)8-4-9(12(14,15)16)6-10(13)5-8;/h4-6,11H,1,3,17H2,2H3;1H/t11-;/m0./s1. The minimum Gasteiger partial charge on any atom is -0.324 e. The smallest absolute Gasteiger partial charge is 0.324 e. The predicted octanol–water partition coefficient (Wildman–Crippen LogP) is 4.75. The molecule has 0 aliphatic heterocycles. The molecule has 18 heavy (non-hydrogen) atoms. The van der Waals surface area contributed by atoms with Gasteiger partial charge in [-0.1, -0.05) is 17.2 Å². The van der Waals surface area contributed by atoms with Crippen LogP contribution in [0.4, 0.5) is 13.2 Å². The first-order valence-electron chi connectivity index (χ1n) is 4.98. The normalized spacial score (nSPS) is 12.8. The summed E-state index contributed by atoms with van der Waals surface area (Å²) >= 11 is 5.66. The summed E-state index contributed by atoms with van der Waals surface area (Å²) in [7, 11) is 0. The number of hydrogen-bond donors (Lipinski definition) is 1. The lowest BCUT2D eigenvalue weighted by atomic mass is 9.99. The van der Waals surface area contributed by atoms with Crippen molar-refractivity contribution in [3.8, 4) is 0 Å². The van der Waals surface area contributed by atoms with Crippen molar-refractivity contribution >= 4 is 24.0 Å². The molecule has 0 aromatic heterocycles. The maximum absolute atomic E-state index is 12.6. The molecule has 0 fully saturated rings. The van der Waals surface area contributed by atoms with Gasteiger partial charge in [0.1, 0.15) is 0 Å². The molecular formula is C12H14Cl2F3N. The first kappa shape index (κ1) is 17.3. The molecule has 0 heterocycles. The van der Waals surface area contributed by atoms with Crippen molar-refractivity contribution in [3.05, 3.63) is 46.5 Å². The summed E-state index contributed by atoms with van der Waals surface area (Å²) in [5.41, 5.74) is 6.19. The third-order valence-electron chi connectivity index (χ3n) is 2.24. The minimum absolute atomic E-state index is 0. The van der Waals surface area contributed by atoms with Gasteiger partial charge >= 0.3 is 6.18 Å². The average molecular weight is 300 g/mol. The van der Waals surface area contributed by atoms with Gasteiger partial charge < -0.3 is 5.73 Å². The summed E-state index contributed by atoms with van der Waals surface area (Å²) in [5, 5.41) is 0.0343. The predicted molar refractivity (Wildman–Crippen MR) is 70.1 cm³/mol. The molecular weight excluding hydrogens is 286 g/mol. The Morgan fingerprint density at radius 1 is 1.39 bits per heavy atom. The lowest BCUT2D eigenvalue weighted by molar-refractivity contribution is -0.137. The molecule has 0 spiro atoms. The molecule has 1 nitrogen and oxygen atoms in total. The molecule has 1 rings (SSSR count). The first-order valence-corrected chi connectivity index (χ1v) is 5.35. The number of alkyl halides is 3. The zero-order valence-electron chi connectivity index (χ0n) is 9.72. The number of halogens is 5. The molecule has 0 bridgehead atoms. The van der Waals surface area contributed by atoms with Gasteiger partial charge in [-0.15, -0.1) is 19.0 Å². The van der Waals surface area contributed by atoms with Crippen LogP contribution in [0.25, 0.3) is 0 Å². The average Bonchev–Trinajstić information content (AvgIpc) is 2.14. The Morgan fingerprint density at radius 2 is 1.94 bits per heavy atom. The van der Waals surface area contributed by atoms with E-state index in [0.29, 0.717) is 12.0 Å². The summed E-state index contributed by atoms with van der Waals surface area (Å²) in [6.45, 7) is 5.45. The van der Waals surface area contributed by atoms with Crippen molar-refractivity contribution in [2.24, 2.45) is 5.73 Å². The zero-order valence-corrected chi connectivity index (χ0v) is 11.3. The molecule has 0 aliphatic carbocycles. The quantitative estimate of drug-likeness (QED) is 0.801. The highest BCUT2D eigenvalue weighted by molar-refractivity contribution is 6.30. The number of hydrogen-bond acceptors (Lipinski definition) is 1. The van der Waals surface area contributed by atoms with Gasteiger partial charge in [0.25, 0.3) is 0 Å². The molecule has 0 saturated carbocycles. The van der Waals surface area contributed by atoms with Crippen molar-refractivity contribution in [2.75, 3.05) is 0 Å². The van der Waals surface area contributed by atoms with Gasteiger partial charge in [-0.2, -0.15) is 13.2 Å². The van der Waals surface area contributed by atoms with Crippen LogP contribution < -0.4 is 5.73 Å². The molecule has 0 saturated heterocycles. The van der Waals surface area contributed by atoms with Gasteiger partial charge in [-0.05, 0) is 37.1 Å². The molecule has 1 aromatic rings. The Morgan fingerprint density at radius 3 is 2.39 bits per heavy atom. The molecule has 6 heteroatoms. The van der Waals surface area contributed by atoms with Crippen LogP contribution in [0, 0.1) is 0 Å². The van der Waals surface area contributed by atoms with Gasteiger partial charge in [0.2, 0.25) is 0 Å². The van der Waals surface area contributed by atoms with E-state index in [2.05, 4.69) is 6.58 Å². The lowest BCUT2D eigenvalue weighted by Gasteiger charge is -2.15. The summed E-state index contributed by atoms with van der Waals surface area (Å²) in [4.78, 5) is 0. The van der Waals surface area contributed by atoms with Crippen LogP contribution in [0.5, 0.6) is 0 Å². The molecule has 0 unspecified atom stereocenters. The van der Waals surface area contributed by atoms with Crippen molar-refractivity contribution in [3.63, 3.8) is 0 Å². The van der Waals surface area contributed by atoms with Crippen molar-refractivity contribution in [1.82, 2.24) is 0 Å². The molecule has 1 atom stereocenters. The van der Waals surface area contributed by atoms with Crippen LogP contribution >= 0.6 is 24.0 Å². The monoisotopic (exact) mass is 299 g/mol. The summed E-state index contributed by atoms with van der Waals surface area (Å²) in [6.07, 6.45) is -3.99. The second-order valence-electron chi connectivity index (χ2n) is 4.04. The van der Waals surface area contributed by atoms with E-state index in [1.807, 2.05) is 0 Å². The molecule has 0 aliphatic rings. The zero-order chi connectivity index (χ0) is 13.2. The van der Waals surface area contributed by atoms with E-state index >= 15 is 0 Å². The summed E-state index contributed by atoms with van der Waals surface area (Å²) < 4.78 is 37.7. The van der Waals surface area contributed by atoms with Gasteiger partial charge in [0.15, 0.2) is 0 Å². The highest BCUT2D eigenvalue weighted by Gasteiger charge is 2.31. The van der Waals surface area contributed by atoms with Crippen LogP contribution in [0.15, 0.2) is 30.4 Å². The van der Waals surface area contributed by atoms with Crippen LogP contribution in [-0.2, 0) is 6.18 Å². The van der Waals surface area contributed by atoms with Gasteiger partial charge in [0, 0.05) is 11.1 Å². The van der Waals surface area contributed by atoms with Crippen LogP contribution in [0.1, 0.15) is 30.5 Å². The van der Waals surface area contributed by atoms with E-state index in [1.165, 1.54) is 6.07 Å². The third kappa shape index (κ3) is 4.88. The second kappa shape index (κ2) is 6.45. The largest absolute Gasteiger partial charge is 0.416 e. The Labute approximate surface area is 115 Å². The summed E-state index contributed by atoms with van der Waals surface area (Å²) in [5.74, 6) is 0. The van der Waals surface area contributed by atoms with E-state index in [9.17, 15) is 13.2 Å². The second-order valence-corrected chi connectivity index (χ2v) is 4.48. The van der Waals surface area contributed by atoms with E-state index in [-0.39, 0.29) is 17.4 Å². The Bertz CT molecular complexity index is 430. The lowest BCUT2D eigenvalue weighted by Crippen LogP contribution is -2.13. The van der Waals surface area contributed by atoms with Crippen molar-refractivity contribution in [2.45, 2.75) is 25.6 Å². The number of benzene rings is 1. The Balaban J connectivity index is 0.00000289. The van der Waals surface area contributed by atoms with Gasteiger partial charge in [0.05, 0.1) is 5.56 Å². The maximum atomic E-state index is 12.6. The van der Waals surface area contributed by atoms with E-state index in [4.69, 9.17) is 17.3 Å². The van der Waals surface area contributed by atoms with Gasteiger partial charge in [-0.3, -0.25) is 0 Å². The number of rotatable bonds is 3. The Hall–Kier alpha value is -0.710. The van der Waals surface area contributed by atoms with Gasteiger partial charge in [-0.25, -0.2) is 0 Å². The van der Waals surface area contributed by atoms with Crippen LogP contribution in [-0.4, -0.2) is 0 Å². The SMILES string of the molecule is C=C(C)C[C@H](N)c1cc(Cl)cc(C(F)(F)F)c1.Cl. The molecule has 102 valence electrons. The molecule has 2 N–H and O–H groups in total. The topological polar surface area (TPSA) is 26.0 Å². The highest BCUT2D eigenvalue weighted by Crippen LogP contribution is 2.33. The molecule has 0 radical (unpaired) electrons. The fourth-order valence-corrected chi connectivity index (χ4v) is 1.73. The molecule has 1 aromatic carbocycles. The fraction of sp³-hybridized carbons (Fsp3) is 0.333. The van der Waals surface area contributed by atoms with Crippen LogP contribution in [0.2, 0.25) is 5.02 Å². The summed E-state index contributed by atoms with van der Waals surface area (Å²) in [6, 6.07) is 2.84. The molecule has 0 amide bonds. The van der Waals surface area contributed by atoms with Crippen molar-refractivity contribution in [1.29, 1.82) is 0 Å². The van der Waals surface area contributed by atoms with E-state index in [0.717, 1.165) is 17.7 Å². The van der Waals surface area contributed by atoms with Crippen molar-refractivity contribution < 1.29 is 13.2 Å².